The Morgan fingerprint density at radius 2 is 2.07 bits per heavy atom. The van der Waals surface area contributed by atoms with Gasteiger partial charge in [0.15, 0.2) is 0 Å². The van der Waals surface area contributed by atoms with Crippen LogP contribution in [0.5, 0.6) is 0 Å². The number of fused-ring (bicyclic) bond motifs is 3. The van der Waals surface area contributed by atoms with Crippen molar-refractivity contribution in [2.24, 2.45) is 17.8 Å². The normalized spacial score (nSPS) is 36.7. The highest BCUT2D eigenvalue weighted by molar-refractivity contribution is 9.09. The van der Waals surface area contributed by atoms with E-state index >= 15 is 0 Å². The Bertz CT molecular complexity index is 311. The van der Waals surface area contributed by atoms with E-state index in [0.717, 1.165) is 17.8 Å². The van der Waals surface area contributed by atoms with E-state index in [1.54, 1.807) is 0 Å². The molecule has 1 aromatic rings. The van der Waals surface area contributed by atoms with Gasteiger partial charge in [-0.25, -0.2) is 0 Å². The lowest BCUT2D eigenvalue weighted by Crippen LogP contribution is -2.33. The Labute approximate surface area is 104 Å². The number of rotatable bonds is 2. The maximum Gasteiger partial charge on any atom is 0.0520 e. The van der Waals surface area contributed by atoms with Gasteiger partial charge in [0.05, 0.1) is 4.83 Å². The zero-order valence-corrected chi connectivity index (χ0v) is 11.3. The van der Waals surface area contributed by atoms with Gasteiger partial charge in [-0.15, -0.1) is 11.3 Å². The number of hydrogen-bond donors (Lipinski definition) is 0. The first-order valence-corrected chi connectivity index (χ1v) is 7.81. The first-order valence-electron chi connectivity index (χ1n) is 6.02. The summed E-state index contributed by atoms with van der Waals surface area (Å²) in [6.07, 6.45) is 7.46. The molecule has 2 heteroatoms. The molecule has 0 aromatic carbocycles. The number of alkyl halides is 1. The van der Waals surface area contributed by atoms with E-state index in [0.29, 0.717) is 4.83 Å². The van der Waals surface area contributed by atoms with Gasteiger partial charge in [-0.3, -0.25) is 0 Å². The first kappa shape index (κ1) is 10.3. The molecule has 4 rings (SSSR count). The van der Waals surface area contributed by atoms with E-state index in [1.165, 1.54) is 37.0 Å². The fourth-order valence-electron chi connectivity index (χ4n) is 3.45. The quantitative estimate of drug-likeness (QED) is 0.670. The largest absolute Gasteiger partial charge is 0.148 e. The van der Waals surface area contributed by atoms with Crippen molar-refractivity contribution in [1.29, 1.82) is 0 Å². The fourth-order valence-corrected chi connectivity index (χ4v) is 5.35. The lowest BCUT2D eigenvalue weighted by molar-refractivity contribution is 0.0989. The predicted molar refractivity (Wildman–Crippen MR) is 69.5 cm³/mol. The predicted octanol–water partition coefficient (Wildman–Crippen LogP) is 5.01. The van der Waals surface area contributed by atoms with Crippen molar-refractivity contribution in [3.63, 3.8) is 0 Å². The van der Waals surface area contributed by atoms with Crippen molar-refractivity contribution in [2.75, 3.05) is 0 Å². The summed E-state index contributed by atoms with van der Waals surface area (Å²) < 4.78 is 0. The molecule has 3 saturated carbocycles. The van der Waals surface area contributed by atoms with E-state index in [9.17, 15) is 0 Å². The highest BCUT2D eigenvalue weighted by Gasteiger charge is 2.39. The fraction of sp³-hybridized carbons (Fsp3) is 0.692. The molecule has 0 saturated heterocycles. The van der Waals surface area contributed by atoms with E-state index in [4.69, 9.17) is 0 Å². The van der Waals surface area contributed by atoms with Crippen molar-refractivity contribution < 1.29 is 0 Å². The molecular formula is C13H17BrS. The van der Waals surface area contributed by atoms with Crippen molar-refractivity contribution in [2.45, 2.75) is 36.9 Å². The zero-order valence-electron chi connectivity index (χ0n) is 8.86. The first-order chi connectivity index (χ1) is 7.34. The smallest absolute Gasteiger partial charge is 0.0520 e. The molecule has 3 aliphatic rings. The van der Waals surface area contributed by atoms with E-state index < -0.39 is 0 Å². The highest BCUT2D eigenvalue weighted by atomic mass is 79.9. The molecule has 0 N–H and O–H groups in total. The Morgan fingerprint density at radius 1 is 1.27 bits per heavy atom. The van der Waals surface area contributed by atoms with Crippen LogP contribution >= 0.6 is 27.3 Å². The maximum absolute atomic E-state index is 3.94. The average molecular weight is 285 g/mol. The summed E-state index contributed by atoms with van der Waals surface area (Å²) >= 11 is 5.84. The summed E-state index contributed by atoms with van der Waals surface area (Å²) in [7, 11) is 0. The summed E-state index contributed by atoms with van der Waals surface area (Å²) in [6, 6.07) is 4.46. The molecule has 0 aliphatic heterocycles. The van der Waals surface area contributed by atoms with Gasteiger partial charge in [-0.2, -0.15) is 0 Å². The summed E-state index contributed by atoms with van der Waals surface area (Å²) in [5.41, 5.74) is 0. The SMILES string of the molecule is BrC(c1cccs1)C1CC2CCC1CC2. The van der Waals surface area contributed by atoms with Crippen LogP contribution in [0.1, 0.15) is 41.8 Å². The summed E-state index contributed by atoms with van der Waals surface area (Å²) in [5, 5.41) is 2.20. The molecule has 0 spiro atoms. The Balaban J connectivity index is 1.77. The minimum absolute atomic E-state index is 0.630. The van der Waals surface area contributed by atoms with Crippen LogP contribution in [0.2, 0.25) is 0 Å². The van der Waals surface area contributed by atoms with Crippen LogP contribution in [-0.2, 0) is 0 Å². The van der Waals surface area contributed by atoms with Gasteiger partial charge in [-0.1, -0.05) is 34.8 Å². The summed E-state index contributed by atoms with van der Waals surface area (Å²) in [4.78, 5) is 2.16. The standard InChI is InChI=1S/C13H17BrS/c14-13(12-2-1-7-15-12)11-8-9-3-5-10(11)6-4-9/h1-2,7,9-11,13H,3-6,8H2. The minimum Gasteiger partial charge on any atom is -0.148 e. The maximum atomic E-state index is 3.94. The lowest BCUT2D eigenvalue weighted by Gasteiger charge is -2.44. The van der Waals surface area contributed by atoms with E-state index in [-0.39, 0.29) is 0 Å². The minimum atomic E-state index is 0.630. The molecule has 2 atom stereocenters. The topological polar surface area (TPSA) is 0 Å². The second-order valence-electron chi connectivity index (χ2n) is 5.10. The van der Waals surface area contributed by atoms with Gasteiger partial charge < -0.3 is 0 Å². The zero-order chi connectivity index (χ0) is 10.3. The summed E-state index contributed by atoms with van der Waals surface area (Å²) in [5.74, 6) is 2.96. The number of thiophene rings is 1. The molecule has 2 unspecified atom stereocenters. The van der Waals surface area contributed by atoms with E-state index in [1.807, 2.05) is 11.3 Å². The third-order valence-corrected chi connectivity index (χ3v) is 6.72. The lowest BCUT2D eigenvalue weighted by atomic mass is 9.64. The molecule has 1 aromatic heterocycles. The average Bonchev–Trinajstić information content (AvgIpc) is 2.83. The molecule has 0 nitrogen and oxygen atoms in total. The van der Waals surface area contributed by atoms with Gasteiger partial charge in [0.25, 0.3) is 0 Å². The molecular weight excluding hydrogens is 268 g/mol. The van der Waals surface area contributed by atoms with Crippen LogP contribution in [0, 0.1) is 17.8 Å². The van der Waals surface area contributed by atoms with Crippen LogP contribution in [0.15, 0.2) is 17.5 Å². The van der Waals surface area contributed by atoms with Gasteiger partial charge in [0.2, 0.25) is 0 Å². The van der Waals surface area contributed by atoms with Crippen molar-refractivity contribution in [3.05, 3.63) is 22.4 Å². The molecule has 1 heterocycles. The van der Waals surface area contributed by atoms with Gasteiger partial charge >= 0.3 is 0 Å². The molecule has 3 aliphatic carbocycles. The van der Waals surface area contributed by atoms with Crippen LogP contribution in [0.25, 0.3) is 0 Å². The summed E-state index contributed by atoms with van der Waals surface area (Å²) in [6.45, 7) is 0. The van der Waals surface area contributed by atoms with Gasteiger partial charge in [-0.05, 0) is 48.5 Å². The number of halogens is 1. The number of hydrogen-bond acceptors (Lipinski definition) is 1. The third-order valence-electron chi connectivity index (χ3n) is 4.29. The van der Waals surface area contributed by atoms with Gasteiger partial charge in [0, 0.05) is 4.88 Å². The molecule has 82 valence electrons. The molecule has 0 radical (unpaired) electrons. The van der Waals surface area contributed by atoms with Crippen LogP contribution in [-0.4, -0.2) is 0 Å². The second kappa shape index (κ2) is 4.21. The van der Waals surface area contributed by atoms with E-state index in [2.05, 4.69) is 33.4 Å². The molecule has 0 amide bonds. The van der Waals surface area contributed by atoms with Crippen LogP contribution in [0.4, 0.5) is 0 Å². The molecule has 15 heavy (non-hydrogen) atoms. The second-order valence-corrected chi connectivity index (χ2v) is 7.06. The van der Waals surface area contributed by atoms with Crippen molar-refractivity contribution in [3.8, 4) is 0 Å². The van der Waals surface area contributed by atoms with Crippen molar-refractivity contribution >= 4 is 27.3 Å². The Kier molecular flexibility index (Phi) is 2.90. The third kappa shape index (κ3) is 1.91. The van der Waals surface area contributed by atoms with Crippen LogP contribution in [0.3, 0.4) is 0 Å². The Morgan fingerprint density at radius 3 is 2.60 bits per heavy atom. The molecule has 2 bridgehead atoms. The monoisotopic (exact) mass is 284 g/mol. The van der Waals surface area contributed by atoms with Crippen molar-refractivity contribution in [1.82, 2.24) is 0 Å². The van der Waals surface area contributed by atoms with Crippen LogP contribution < -0.4 is 0 Å². The highest BCUT2D eigenvalue weighted by Crippen LogP contribution is 2.52. The Hall–Kier alpha value is 0.180. The van der Waals surface area contributed by atoms with Gasteiger partial charge in [0.1, 0.15) is 0 Å². The molecule has 3 fully saturated rings.